The van der Waals surface area contributed by atoms with Crippen LogP contribution in [0.4, 0.5) is 0 Å². The van der Waals surface area contributed by atoms with Crippen LogP contribution in [-0.2, 0) is 4.79 Å². The van der Waals surface area contributed by atoms with Crippen molar-refractivity contribution in [2.45, 2.75) is 45.4 Å². The molecule has 1 aliphatic heterocycles. The highest BCUT2D eigenvalue weighted by molar-refractivity contribution is 5.77. The normalized spacial score (nSPS) is 29.8. The van der Waals surface area contributed by atoms with Crippen LogP contribution in [0.2, 0.25) is 0 Å². The molecule has 82 valence electrons. The van der Waals surface area contributed by atoms with Gasteiger partial charge >= 0.3 is 0 Å². The predicted molar refractivity (Wildman–Crippen MR) is 54.6 cm³/mol. The third kappa shape index (κ3) is 3.27. The zero-order chi connectivity index (χ0) is 10.6. The molecule has 0 aromatic carbocycles. The summed E-state index contributed by atoms with van der Waals surface area (Å²) in [6.45, 7) is 5.21. The summed E-state index contributed by atoms with van der Waals surface area (Å²) in [4.78, 5) is 10.9. The van der Waals surface area contributed by atoms with Gasteiger partial charge in [0.15, 0.2) is 0 Å². The molecule has 3 atom stereocenters. The summed E-state index contributed by atoms with van der Waals surface area (Å²) < 4.78 is 0. The Morgan fingerprint density at radius 1 is 1.71 bits per heavy atom. The van der Waals surface area contributed by atoms with E-state index in [-0.39, 0.29) is 11.9 Å². The van der Waals surface area contributed by atoms with E-state index in [4.69, 9.17) is 0 Å². The molecule has 0 spiro atoms. The van der Waals surface area contributed by atoms with Gasteiger partial charge in [-0.1, -0.05) is 20.3 Å². The van der Waals surface area contributed by atoms with Gasteiger partial charge in [0.2, 0.25) is 5.91 Å². The Hall–Kier alpha value is -0.610. The van der Waals surface area contributed by atoms with Gasteiger partial charge < -0.3 is 15.7 Å². The number of hydrogen-bond acceptors (Lipinski definition) is 3. The van der Waals surface area contributed by atoms with Gasteiger partial charge in [0.1, 0.15) is 6.23 Å². The van der Waals surface area contributed by atoms with Gasteiger partial charge in [-0.05, 0) is 18.9 Å². The van der Waals surface area contributed by atoms with Crippen molar-refractivity contribution in [2.75, 3.05) is 6.54 Å². The summed E-state index contributed by atoms with van der Waals surface area (Å²) >= 11 is 0. The molecule has 0 aromatic rings. The average Bonchev–Trinajstić information content (AvgIpc) is 2.16. The van der Waals surface area contributed by atoms with E-state index in [2.05, 4.69) is 24.5 Å². The Morgan fingerprint density at radius 3 is 3.00 bits per heavy atom. The maximum absolute atomic E-state index is 10.9. The highest BCUT2D eigenvalue weighted by Crippen LogP contribution is 2.08. The first-order valence-corrected chi connectivity index (χ1v) is 5.34. The first-order valence-electron chi connectivity index (χ1n) is 5.34. The van der Waals surface area contributed by atoms with E-state index in [1.807, 2.05) is 0 Å². The fraction of sp³-hybridized carbons (Fsp3) is 0.900. The second-order valence-electron chi connectivity index (χ2n) is 4.08. The van der Waals surface area contributed by atoms with Crippen molar-refractivity contribution in [3.8, 4) is 0 Å². The summed E-state index contributed by atoms with van der Waals surface area (Å²) in [5, 5.41) is 15.3. The molecule has 1 saturated heterocycles. The molecule has 1 rings (SSSR count). The molecule has 0 saturated carbocycles. The van der Waals surface area contributed by atoms with Crippen LogP contribution in [0.25, 0.3) is 0 Å². The van der Waals surface area contributed by atoms with Crippen LogP contribution < -0.4 is 10.6 Å². The first kappa shape index (κ1) is 11.5. The standard InChI is InChI=1S/C10H20N2O2/c1-3-7(2)6-11-8-4-5-9(13)12-10(8)14/h7-8,10-11,14H,3-6H2,1-2H3,(H,12,13). The second kappa shape index (κ2) is 5.32. The molecule has 0 radical (unpaired) electrons. The number of aliphatic hydroxyl groups is 1. The largest absolute Gasteiger partial charge is 0.372 e. The number of piperidine rings is 1. The van der Waals surface area contributed by atoms with Crippen LogP contribution in [0, 0.1) is 5.92 Å². The SMILES string of the molecule is CCC(C)CNC1CCC(=O)NC1O. The minimum absolute atomic E-state index is 0.0155. The highest BCUT2D eigenvalue weighted by Gasteiger charge is 2.26. The third-order valence-corrected chi connectivity index (χ3v) is 2.80. The van der Waals surface area contributed by atoms with Gasteiger partial charge in [-0.3, -0.25) is 4.79 Å². The van der Waals surface area contributed by atoms with Gasteiger partial charge in [0, 0.05) is 6.42 Å². The quantitative estimate of drug-likeness (QED) is 0.608. The summed E-state index contributed by atoms with van der Waals surface area (Å²) in [7, 11) is 0. The third-order valence-electron chi connectivity index (χ3n) is 2.80. The van der Waals surface area contributed by atoms with E-state index in [0.717, 1.165) is 19.4 Å². The number of carbonyl (C=O) groups is 1. The van der Waals surface area contributed by atoms with E-state index in [1.54, 1.807) is 0 Å². The molecule has 0 aliphatic carbocycles. The Morgan fingerprint density at radius 2 is 2.43 bits per heavy atom. The summed E-state index contributed by atoms with van der Waals surface area (Å²) in [6, 6.07) is 0.0155. The Balaban J connectivity index is 2.27. The number of hydrogen-bond donors (Lipinski definition) is 3. The fourth-order valence-corrected chi connectivity index (χ4v) is 1.49. The number of aliphatic hydroxyl groups excluding tert-OH is 1. The lowest BCUT2D eigenvalue weighted by molar-refractivity contribution is -0.127. The minimum Gasteiger partial charge on any atom is -0.372 e. The van der Waals surface area contributed by atoms with Crippen molar-refractivity contribution in [1.29, 1.82) is 0 Å². The highest BCUT2D eigenvalue weighted by atomic mass is 16.3. The maximum Gasteiger partial charge on any atom is 0.222 e. The summed E-state index contributed by atoms with van der Waals surface area (Å²) in [6.07, 6.45) is 1.64. The maximum atomic E-state index is 10.9. The average molecular weight is 200 g/mol. The lowest BCUT2D eigenvalue weighted by atomic mass is 10.0. The number of carbonyl (C=O) groups excluding carboxylic acids is 1. The summed E-state index contributed by atoms with van der Waals surface area (Å²) in [5.41, 5.74) is 0. The van der Waals surface area contributed by atoms with Crippen LogP contribution in [-0.4, -0.2) is 29.8 Å². The van der Waals surface area contributed by atoms with E-state index < -0.39 is 6.23 Å². The van der Waals surface area contributed by atoms with Crippen molar-refractivity contribution < 1.29 is 9.90 Å². The zero-order valence-electron chi connectivity index (χ0n) is 8.92. The van der Waals surface area contributed by atoms with Crippen molar-refractivity contribution in [3.63, 3.8) is 0 Å². The topological polar surface area (TPSA) is 61.4 Å². The Labute approximate surface area is 85.1 Å². The van der Waals surface area contributed by atoms with Crippen LogP contribution >= 0.6 is 0 Å². The van der Waals surface area contributed by atoms with Crippen LogP contribution in [0.5, 0.6) is 0 Å². The summed E-state index contributed by atoms with van der Waals surface area (Å²) in [5.74, 6) is 0.555. The predicted octanol–water partition coefficient (Wildman–Crippen LogP) is 0.219. The van der Waals surface area contributed by atoms with Gasteiger partial charge in [0.05, 0.1) is 6.04 Å². The molecule has 0 aromatic heterocycles. The second-order valence-corrected chi connectivity index (χ2v) is 4.08. The number of amides is 1. The lowest BCUT2D eigenvalue weighted by Gasteiger charge is -2.29. The number of nitrogens with one attached hydrogen (secondary N) is 2. The molecule has 1 fully saturated rings. The molecule has 1 heterocycles. The van der Waals surface area contributed by atoms with Gasteiger partial charge in [-0.25, -0.2) is 0 Å². The van der Waals surface area contributed by atoms with Gasteiger partial charge in [-0.15, -0.1) is 0 Å². The monoisotopic (exact) mass is 200 g/mol. The fourth-order valence-electron chi connectivity index (χ4n) is 1.49. The van der Waals surface area contributed by atoms with Crippen LogP contribution in [0.3, 0.4) is 0 Å². The van der Waals surface area contributed by atoms with E-state index in [9.17, 15) is 9.90 Å². The van der Waals surface area contributed by atoms with Crippen LogP contribution in [0.15, 0.2) is 0 Å². The zero-order valence-corrected chi connectivity index (χ0v) is 8.92. The van der Waals surface area contributed by atoms with Gasteiger partial charge in [0.25, 0.3) is 0 Å². The number of rotatable bonds is 4. The van der Waals surface area contributed by atoms with Crippen molar-refractivity contribution in [2.24, 2.45) is 5.92 Å². The lowest BCUT2D eigenvalue weighted by Crippen LogP contribution is -2.54. The van der Waals surface area contributed by atoms with Crippen molar-refractivity contribution >= 4 is 5.91 Å². The van der Waals surface area contributed by atoms with Crippen molar-refractivity contribution in [3.05, 3.63) is 0 Å². The Kier molecular flexibility index (Phi) is 4.35. The van der Waals surface area contributed by atoms with E-state index in [1.165, 1.54) is 0 Å². The van der Waals surface area contributed by atoms with Crippen LogP contribution in [0.1, 0.15) is 33.1 Å². The molecule has 3 N–H and O–H groups in total. The molecule has 4 nitrogen and oxygen atoms in total. The molecule has 3 unspecified atom stereocenters. The molecular weight excluding hydrogens is 180 g/mol. The van der Waals surface area contributed by atoms with Gasteiger partial charge in [-0.2, -0.15) is 0 Å². The molecule has 4 heteroatoms. The van der Waals surface area contributed by atoms with E-state index in [0.29, 0.717) is 12.3 Å². The molecule has 0 bridgehead atoms. The minimum atomic E-state index is -0.722. The van der Waals surface area contributed by atoms with E-state index >= 15 is 0 Å². The molecule has 1 amide bonds. The molecular formula is C10H20N2O2. The molecule has 1 aliphatic rings. The first-order chi connectivity index (χ1) is 6.63. The molecule has 14 heavy (non-hydrogen) atoms. The smallest absolute Gasteiger partial charge is 0.222 e. The Bertz CT molecular complexity index is 197. The van der Waals surface area contributed by atoms with Crippen molar-refractivity contribution in [1.82, 2.24) is 10.6 Å².